The van der Waals surface area contributed by atoms with Gasteiger partial charge in [-0.25, -0.2) is 19.9 Å². The average Bonchev–Trinajstić information content (AvgIpc) is 3.57. The Bertz CT molecular complexity index is 636. The molecule has 4 aromatic rings. The lowest BCUT2D eigenvalue weighted by atomic mass is 10.7. The van der Waals surface area contributed by atoms with E-state index < -0.39 is 0 Å². The smallest absolute Gasteiger partial charge is 0.233 e. The highest BCUT2D eigenvalue weighted by Crippen LogP contribution is 1.92. The molecule has 0 unspecified atom stereocenters. The molecule has 30 heavy (non-hydrogen) atoms. The summed E-state index contributed by atoms with van der Waals surface area (Å²) in [6.45, 7) is 24.0. The van der Waals surface area contributed by atoms with Gasteiger partial charge < -0.3 is 0 Å². The number of nitrogens with zero attached hydrogens (tertiary/aromatic N) is 6. The van der Waals surface area contributed by atoms with Crippen LogP contribution in [0.1, 0.15) is 83.1 Å². The fourth-order valence-electron chi connectivity index (χ4n) is 1.52. The van der Waals surface area contributed by atoms with Gasteiger partial charge >= 0.3 is 0 Å². The molecule has 0 saturated carbocycles. The zero-order valence-corrected chi connectivity index (χ0v) is 21.5. The second kappa shape index (κ2) is 31.0. The van der Waals surface area contributed by atoms with Gasteiger partial charge in [-0.1, -0.05) is 83.1 Å². The van der Waals surface area contributed by atoms with E-state index in [-0.39, 0.29) is 0 Å². The Morgan fingerprint density at radius 2 is 0.667 bits per heavy atom. The van der Waals surface area contributed by atoms with E-state index in [0.29, 0.717) is 0 Å². The molecule has 0 N–H and O–H groups in total. The molecule has 4 heterocycles. The van der Waals surface area contributed by atoms with Crippen LogP contribution in [0.3, 0.4) is 0 Å². The van der Waals surface area contributed by atoms with Crippen molar-refractivity contribution >= 4 is 11.6 Å². The Hall–Kier alpha value is -2.76. The summed E-state index contributed by atoms with van der Waals surface area (Å²) in [6.07, 6.45) is 14.4. The third-order valence-electron chi connectivity index (χ3n) is 2.34. The van der Waals surface area contributed by atoms with Gasteiger partial charge in [0, 0.05) is 49.6 Å². The fraction of sp³-hybridized carbons (Fsp3) is 0.500. The third kappa shape index (κ3) is 15.2. The van der Waals surface area contributed by atoms with E-state index in [1.54, 1.807) is 24.8 Å². The number of hydrogen-bond acceptors (Lipinski definition) is 4. The summed E-state index contributed by atoms with van der Waals surface area (Å²) < 4.78 is 3.72. The second-order valence-electron chi connectivity index (χ2n) is 3.51. The van der Waals surface area contributed by atoms with Crippen LogP contribution in [-0.4, -0.2) is 28.7 Å². The minimum atomic E-state index is 0.748. The van der Waals surface area contributed by atoms with Crippen LogP contribution in [-0.2, 0) is 0 Å². The SMILES string of the molecule is CC.CC.CC.CC.CC.CC.c1cnc2nccn2c1.c1cnc2nccn2c1. The lowest BCUT2D eigenvalue weighted by Gasteiger charge is -1.85. The number of fused-ring (bicyclic) bond motifs is 2. The summed E-state index contributed by atoms with van der Waals surface area (Å²) >= 11 is 0. The number of imidazole rings is 2. The predicted octanol–water partition coefficient (Wildman–Crippen LogP) is 7.62. The highest BCUT2D eigenvalue weighted by Gasteiger charge is 1.88. The highest BCUT2D eigenvalue weighted by molar-refractivity contribution is 5.26. The fourth-order valence-corrected chi connectivity index (χ4v) is 1.52. The number of rotatable bonds is 0. The van der Waals surface area contributed by atoms with Gasteiger partial charge in [0.1, 0.15) is 0 Å². The monoisotopic (exact) mass is 418 g/mol. The van der Waals surface area contributed by atoms with Crippen LogP contribution in [0.4, 0.5) is 0 Å². The lowest BCUT2D eigenvalue weighted by molar-refractivity contribution is 1.11. The Balaban J connectivity index is -0.000000152. The van der Waals surface area contributed by atoms with Gasteiger partial charge in [0.15, 0.2) is 0 Å². The average molecular weight is 419 g/mol. The van der Waals surface area contributed by atoms with Crippen molar-refractivity contribution in [3.05, 3.63) is 61.7 Å². The van der Waals surface area contributed by atoms with E-state index >= 15 is 0 Å². The molecule has 4 aromatic heterocycles. The summed E-state index contributed by atoms with van der Waals surface area (Å²) in [6, 6.07) is 3.74. The first-order chi connectivity index (χ1) is 14.9. The van der Waals surface area contributed by atoms with E-state index in [1.807, 2.05) is 129 Å². The summed E-state index contributed by atoms with van der Waals surface area (Å²) in [5, 5.41) is 0. The molecule has 4 rings (SSSR count). The molecule has 0 radical (unpaired) electrons. The summed E-state index contributed by atoms with van der Waals surface area (Å²) in [5.74, 6) is 1.50. The molecule has 0 amide bonds. The second-order valence-corrected chi connectivity index (χ2v) is 3.51. The van der Waals surface area contributed by atoms with Gasteiger partial charge in [-0.15, -0.1) is 0 Å². The Kier molecular flexibility index (Phi) is 35.8. The first kappa shape index (κ1) is 34.7. The highest BCUT2D eigenvalue weighted by atomic mass is 15.1. The first-order valence-electron chi connectivity index (χ1n) is 11.4. The Labute approximate surface area is 185 Å². The molecular weight excluding hydrogens is 372 g/mol. The van der Waals surface area contributed by atoms with Gasteiger partial charge in [0.05, 0.1) is 0 Å². The van der Waals surface area contributed by atoms with E-state index in [9.17, 15) is 0 Å². The van der Waals surface area contributed by atoms with Crippen LogP contribution in [0.15, 0.2) is 61.7 Å². The molecule has 6 heteroatoms. The molecule has 0 spiro atoms. The maximum Gasteiger partial charge on any atom is 0.233 e. The summed E-state index contributed by atoms with van der Waals surface area (Å²) in [4.78, 5) is 15.9. The van der Waals surface area contributed by atoms with Crippen molar-refractivity contribution in [2.75, 3.05) is 0 Å². The van der Waals surface area contributed by atoms with Crippen LogP contribution in [0, 0.1) is 0 Å². The molecule has 6 nitrogen and oxygen atoms in total. The Morgan fingerprint density at radius 1 is 0.400 bits per heavy atom. The first-order valence-corrected chi connectivity index (χ1v) is 11.4. The molecule has 0 atom stereocenters. The van der Waals surface area contributed by atoms with Crippen molar-refractivity contribution in [3.8, 4) is 0 Å². The van der Waals surface area contributed by atoms with Crippen LogP contribution < -0.4 is 0 Å². The van der Waals surface area contributed by atoms with E-state index in [4.69, 9.17) is 0 Å². The summed E-state index contributed by atoms with van der Waals surface area (Å²) in [7, 11) is 0. The topological polar surface area (TPSA) is 60.4 Å². The van der Waals surface area contributed by atoms with Crippen LogP contribution in [0.25, 0.3) is 11.6 Å². The van der Waals surface area contributed by atoms with Crippen molar-refractivity contribution in [3.63, 3.8) is 0 Å². The van der Waals surface area contributed by atoms with Crippen LogP contribution in [0.5, 0.6) is 0 Å². The van der Waals surface area contributed by atoms with Gasteiger partial charge in [-0.3, -0.25) is 8.80 Å². The zero-order valence-electron chi connectivity index (χ0n) is 21.5. The number of aromatic nitrogens is 6. The minimum Gasteiger partial charge on any atom is -0.291 e. The van der Waals surface area contributed by atoms with E-state index in [1.165, 1.54) is 0 Å². The van der Waals surface area contributed by atoms with Crippen LogP contribution >= 0.6 is 0 Å². The quantitative estimate of drug-likeness (QED) is 0.295. The molecular formula is C24H46N6. The largest absolute Gasteiger partial charge is 0.291 e. The van der Waals surface area contributed by atoms with Crippen molar-refractivity contribution < 1.29 is 0 Å². The molecule has 0 aliphatic carbocycles. The molecule has 0 aromatic carbocycles. The molecule has 0 aliphatic heterocycles. The van der Waals surface area contributed by atoms with Crippen molar-refractivity contribution in [1.29, 1.82) is 0 Å². The predicted molar refractivity (Wildman–Crippen MR) is 134 cm³/mol. The molecule has 0 saturated heterocycles. The maximum atomic E-state index is 3.99. The standard InChI is InChI=1S/2C6H5N3.6C2H6/c2*1-2-7-6-8-3-5-9(6)4-1;6*1-2/h2*1-5H;6*1-2H3. The molecule has 172 valence electrons. The lowest BCUT2D eigenvalue weighted by Crippen LogP contribution is -1.82. The van der Waals surface area contributed by atoms with Crippen molar-refractivity contribution in [2.45, 2.75) is 83.1 Å². The third-order valence-corrected chi connectivity index (χ3v) is 2.34. The Morgan fingerprint density at radius 3 is 0.933 bits per heavy atom. The van der Waals surface area contributed by atoms with Crippen LogP contribution in [0.2, 0.25) is 0 Å². The zero-order chi connectivity index (χ0) is 24.2. The van der Waals surface area contributed by atoms with Gasteiger partial charge in [0.2, 0.25) is 11.6 Å². The maximum absolute atomic E-state index is 3.99. The summed E-state index contributed by atoms with van der Waals surface area (Å²) in [5.41, 5.74) is 0. The van der Waals surface area contributed by atoms with Gasteiger partial charge in [-0.05, 0) is 12.1 Å². The molecule has 0 bridgehead atoms. The number of hydrogen-bond donors (Lipinski definition) is 0. The van der Waals surface area contributed by atoms with Crippen molar-refractivity contribution in [2.24, 2.45) is 0 Å². The normalized spacial score (nSPS) is 7.33. The molecule has 0 aliphatic rings. The van der Waals surface area contributed by atoms with Gasteiger partial charge in [0.25, 0.3) is 0 Å². The molecule has 0 fully saturated rings. The van der Waals surface area contributed by atoms with E-state index in [0.717, 1.165) is 11.6 Å². The van der Waals surface area contributed by atoms with Gasteiger partial charge in [-0.2, -0.15) is 0 Å². The van der Waals surface area contributed by atoms with Crippen molar-refractivity contribution in [1.82, 2.24) is 28.7 Å². The minimum absolute atomic E-state index is 0.748. The van der Waals surface area contributed by atoms with E-state index in [2.05, 4.69) is 19.9 Å².